The molecule has 0 radical (unpaired) electrons. The maximum Gasteiger partial charge on any atom is 0.236 e. The van der Waals surface area contributed by atoms with Gasteiger partial charge in [-0.05, 0) is 33.2 Å². The van der Waals surface area contributed by atoms with E-state index in [9.17, 15) is 9.90 Å². The normalized spacial score (nSPS) is 17.8. The van der Waals surface area contributed by atoms with Crippen LogP contribution < -0.4 is 0 Å². The first kappa shape index (κ1) is 16.4. The van der Waals surface area contributed by atoms with Gasteiger partial charge in [0.15, 0.2) is 0 Å². The van der Waals surface area contributed by atoms with Crippen molar-refractivity contribution in [3.63, 3.8) is 0 Å². The summed E-state index contributed by atoms with van der Waals surface area (Å²) < 4.78 is 0. The maximum atomic E-state index is 12.3. The molecule has 4 heteroatoms. The third-order valence-electron chi connectivity index (χ3n) is 3.93. The minimum absolute atomic E-state index is 0.179. The number of nitrogens with zero attached hydrogens (tertiary/aromatic N) is 2. The van der Waals surface area contributed by atoms with Crippen LogP contribution in [0.3, 0.4) is 0 Å². The molecule has 0 aliphatic heterocycles. The van der Waals surface area contributed by atoms with Crippen LogP contribution in [0, 0.1) is 0 Å². The van der Waals surface area contributed by atoms with Crippen molar-refractivity contribution in [1.82, 2.24) is 9.80 Å². The lowest BCUT2D eigenvalue weighted by Crippen LogP contribution is -2.47. The Morgan fingerprint density at radius 2 is 1.84 bits per heavy atom. The quantitative estimate of drug-likeness (QED) is 0.801. The van der Waals surface area contributed by atoms with Gasteiger partial charge in [-0.3, -0.25) is 9.69 Å². The van der Waals surface area contributed by atoms with Crippen molar-refractivity contribution >= 4 is 5.91 Å². The molecule has 1 saturated carbocycles. The highest BCUT2D eigenvalue weighted by Crippen LogP contribution is 2.21. The molecule has 0 aromatic carbocycles. The molecule has 0 saturated heterocycles. The Labute approximate surface area is 117 Å². The highest BCUT2D eigenvalue weighted by molar-refractivity contribution is 5.78. The summed E-state index contributed by atoms with van der Waals surface area (Å²) in [5.74, 6) is 0.179. The lowest BCUT2D eigenvalue weighted by Gasteiger charge is -2.34. The topological polar surface area (TPSA) is 43.8 Å². The summed E-state index contributed by atoms with van der Waals surface area (Å²) in [6, 6.07) is 0.419. The van der Waals surface area contributed by atoms with Crippen molar-refractivity contribution in [3.8, 4) is 0 Å². The van der Waals surface area contributed by atoms with Crippen molar-refractivity contribution in [3.05, 3.63) is 0 Å². The van der Waals surface area contributed by atoms with Crippen LogP contribution in [0.25, 0.3) is 0 Å². The molecular formula is C15H30N2O2. The zero-order valence-electron chi connectivity index (χ0n) is 13.0. The molecule has 1 N–H and O–H groups in total. The predicted octanol–water partition coefficient (Wildman–Crippen LogP) is 1.87. The highest BCUT2D eigenvalue weighted by Gasteiger charge is 2.25. The second kappa shape index (κ2) is 7.25. The smallest absolute Gasteiger partial charge is 0.236 e. The summed E-state index contributed by atoms with van der Waals surface area (Å²) in [4.78, 5) is 16.2. The van der Waals surface area contributed by atoms with Gasteiger partial charge in [0.05, 0.1) is 12.1 Å². The van der Waals surface area contributed by atoms with Gasteiger partial charge in [-0.2, -0.15) is 0 Å². The monoisotopic (exact) mass is 270 g/mol. The second-order valence-corrected chi connectivity index (χ2v) is 6.41. The molecule has 0 heterocycles. The number of hydrogen-bond donors (Lipinski definition) is 1. The van der Waals surface area contributed by atoms with Crippen molar-refractivity contribution in [2.45, 2.75) is 64.5 Å². The second-order valence-electron chi connectivity index (χ2n) is 6.41. The molecule has 4 nitrogen and oxygen atoms in total. The van der Waals surface area contributed by atoms with E-state index in [4.69, 9.17) is 0 Å². The van der Waals surface area contributed by atoms with Gasteiger partial charge in [0, 0.05) is 19.6 Å². The third kappa shape index (κ3) is 5.91. The van der Waals surface area contributed by atoms with E-state index in [1.54, 1.807) is 13.8 Å². The molecule has 0 aromatic rings. The van der Waals surface area contributed by atoms with Crippen LogP contribution in [0.4, 0.5) is 0 Å². The van der Waals surface area contributed by atoms with Crippen molar-refractivity contribution < 1.29 is 9.90 Å². The fourth-order valence-electron chi connectivity index (χ4n) is 2.80. The molecular weight excluding hydrogens is 240 g/mol. The molecule has 1 amide bonds. The van der Waals surface area contributed by atoms with Crippen LogP contribution in [0.5, 0.6) is 0 Å². The number of hydrogen-bond acceptors (Lipinski definition) is 3. The molecule has 0 atom stereocenters. The van der Waals surface area contributed by atoms with E-state index in [0.717, 1.165) is 19.4 Å². The van der Waals surface area contributed by atoms with Gasteiger partial charge >= 0.3 is 0 Å². The van der Waals surface area contributed by atoms with Crippen molar-refractivity contribution in [1.29, 1.82) is 0 Å². The number of aliphatic hydroxyl groups is 1. The average Bonchev–Trinajstić information content (AvgIpc) is 2.36. The molecule has 1 fully saturated rings. The Morgan fingerprint density at radius 3 is 2.32 bits per heavy atom. The minimum atomic E-state index is -0.750. The largest absolute Gasteiger partial charge is 0.389 e. The van der Waals surface area contributed by atoms with E-state index in [1.807, 2.05) is 23.8 Å². The molecule has 0 bridgehead atoms. The summed E-state index contributed by atoms with van der Waals surface area (Å²) in [6.07, 6.45) is 6.06. The highest BCUT2D eigenvalue weighted by atomic mass is 16.3. The Kier molecular flexibility index (Phi) is 6.27. The van der Waals surface area contributed by atoms with Gasteiger partial charge in [-0.1, -0.05) is 26.2 Å². The van der Waals surface area contributed by atoms with Gasteiger partial charge in [0.1, 0.15) is 0 Å². The van der Waals surface area contributed by atoms with Crippen molar-refractivity contribution in [2.75, 3.05) is 26.7 Å². The number of likely N-dealkylation sites (N-methyl/N-ethyl adjacent to an activating group) is 2. The zero-order valence-corrected chi connectivity index (χ0v) is 13.0. The van der Waals surface area contributed by atoms with Crippen LogP contribution in [0.1, 0.15) is 52.9 Å². The Bertz CT molecular complexity index is 280. The maximum absolute atomic E-state index is 12.3. The predicted molar refractivity (Wildman–Crippen MR) is 78.1 cm³/mol. The molecule has 0 unspecified atom stereocenters. The van der Waals surface area contributed by atoms with Gasteiger partial charge < -0.3 is 10.0 Å². The molecule has 0 spiro atoms. The van der Waals surface area contributed by atoms with E-state index in [-0.39, 0.29) is 5.91 Å². The minimum Gasteiger partial charge on any atom is -0.389 e. The summed E-state index contributed by atoms with van der Waals surface area (Å²) in [5.41, 5.74) is -0.750. The van der Waals surface area contributed by atoms with Crippen LogP contribution in [-0.4, -0.2) is 59.1 Å². The van der Waals surface area contributed by atoms with Crippen LogP contribution in [0.2, 0.25) is 0 Å². The van der Waals surface area contributed by atoms with Crippen LogP contribution in [0.15, 0.2) is 0 Å². The van der Waals surface area contributed by atoms with Crippen LogP contribution in [-0.2, 0) is 4.79 Å². The fourth-order valence-corrected chi connectivity index (χ4v) is 2.80. The summed E-state index contributed by atoms with van der Waals surface area (Å²) >= 11 is 0. The Hall–Kier alpha value is -0.610. The molecule has 1 aliphatic rings. The Morgan fingerprint density at radius 1 is 1.26 bits per heavy atom. The summed E-state index contributed by atoms with van der Waals surface area (Å²) in [7, 11) is 1.93. The molecule has 19 heavy (non-hydrogen) atoms. The summed E-state index contributed by atoms with van der Waals surface area (Å²) in [6.45, 7) is 7.32. The number of rotatable bonds is 6. The van der Waals surface area contributed by atoms with E-state index in [2.05, 4.69) is 0 Å². The SMILES string of the molecule is CCN(CC(=O)N(C)C1CCCCC1)CC(C)(C)O. The Balaban J connectivity index is 2.46. The number of amides is 1. The van der Waals surface area contributed by atoms with E-state index in [0.29, 0.717) is 19.1 Å². The van der Waals surface area contributed by atoms with E-state index < -0.39 is 5.60 Å². The summed E-state index contributed by atoms with van der Waals surface area (Å²) in [5, 5.41) is 9.85. The lowest BCUT2D eigenvalue weighted by atomic mass is 9.94. The lowest BCUT2D eigenvalue weighted by molar-refractivity contribution is -0.134. The van der Waals surface area contributed by atoms with Gasteiger partial charge in [0.25, 0.3) is 0 Å². The van der Waals surface area contributed by atoms with Gasteiger partial charge in [-0.15, -0.1) is 0 Å². The third-order valence-corrected chi connectivity index (χ3v) is 3.93. The molecule has 112 valence electrons. The van der Waals surface area contributed by atoms with Crippen LogP contribution >= 0.6 is 0 Å². The molecule has 1 rings (SSSR count). The van der Waals surface area contributed by atoms with Gasteiger partial charge in [0.2, 0.25) is 5.91 Å². The van der Waals surface area contributed by atoms with Crippen molar-refractivity contribution in [2.24, 2.45) is 0 Å². The number of carbonyl (C=O) groups is 1. The first-order valence-electron chi connectivity index (χ1n) is 7.54. The average molecular weight is 270 g/mol. The first-order chi connectivity index (χ1) is 8.83. The molecule has 0 aromatic heterocycles. The van der Waals surface area contributed by atoms with Gasteiger partial charge in [-0.25, -0.2) is 0 Å². The van der Waals surface area contributed by atoms with E-state index in [1.165, 1.54) is 19.3 Å². The number of carbonyl (C=O) groups excluding carboxylic acids is 1. The standard InChI is InChI=1S/C15H30N2O2/c1-5-17(12-15(2,3)19)11-14(18)16(4)13-9-7-6-8-10-13/h13,19H,5-12H2,1-4H3. The fraction of sp³-hybridized carbons (Fsp3) is 0.933. The zero-order chi connectivity index (χ0) is 14.5. The molecule has 1 aliphatic carbocycles. The van der Waals surface area contributed by atoms with E-state index >= 15 is 0 Å². The first-order valence-corrected chi connectivity index (χ1v) is 7.54.